The quantitative estimate of drug-likeness (QED) is 0.789. The summed E-state index contributed by atoms with van der Waals surface area (Å²) in [5, 5.41) is 5.42. The molecular formula is C12H14FN3O2. The van der Waals surface area contributed by atoms with Gasteiger partial charge in [0, 0.05) is 12.5 Å². The zero-order chi connectivity index (χ0) is 13.0. The minimum Gasteiger partial charge on any atom is -0.453 e. The number of carbonyl (C=O) groups excluding carboxylic acids is 1. The van der Waals surface area contributed by atoms with E-state index in [-0.39, 0.29) is 11.7 Å². The van der Waals surface area contributed by atoms with Gasteiger partial charge < -0.3 is 10.1 Å². The van der Waals surface area contributed by atoms with Crippen molar-refractivity contribution in [1.29, 1.82) is 0 Å². The first kappa shape index (κ1) is 12.3. The molecule has 0 aliphatic carbocycles. The van der Waals surface area contributed by atoms with E-state index < -0.39 is 6.09 Å². The van der Waals surface area contributed by atoms with E-state index in [1.54, 1.807) is 6.07 Å². The molecule has 5 nitrogen and oxygen atoms in total. The molecule has 1 aliphatic rings. The number of methoxy groups -OCH3 is 1. The molecule has 0 spiro atoms. The van der Waals surface area contributed by atoms with E-state index in [0.29, 0.717) is 19.0 Å². The van der Waals surface area contributed by atoms with Crippen LogP contribution < -0.4 is 10.6 Å². The van der Waals surface area contributed by atoms with E-state index in [0.717, 1.165) is 5.56 Å². The molecule has 0 aromatic heterocycles. The van der Waals surface area contributed by atoms with Gasteiger partial charge in [0.2, 0.25) is 5.96 Å². The van der Waals surface area contributed by atoms with Crippen molar-refractivity contribution in [3.05, 3.63) is 35.6 Å². The van der Waals surface area contributed by atoms with Crippen molar-refractivity contribution in [3.8, 4) is 0 Å². The molecule has 6 heteroatoms. The van der Waals surface area contributed by atoms with Crippen molar-refractivity contribution in [2.45, 2.75) is 5.92 Å². The number of carbonyl (C=O) groups is 1. The first-order chi connectivity index (χ1) is 8.69. The Kier molecular flexibility index (Phi) is 3.76. The lowest BCUT2D eigenvalue weighted by Gasteiger charge is -2.23. The highest BCUT2D eigenvalue weighted by atomic mass is 19.1. The number of benzene rings is 1. The maximum Gasteiger partial charge on any atom is 0.413 e. The number of hydrogen-bond acceptors (Lipinski definition) is 4. The standard InChI is InChI=1S/C12H14FN3O2/c1-18-12(17)16-11-14-6-9(7-15-11)8-3-2-4-10(13)5-8/h2-5,9H,6-7H2,1H3,(H2,14,15,16,17). The van der Waals surface area contributed by atoms with Crippen LogP contribution in [0, 0.1) is 5.82 Å². The predicted molar refractivity (Wildman–Crippen MR) is 65.0 cm³/mol. The summed E-state index contributed by atoms with van der Waals surface area (Å²) in [5.41, 5.74) is 0.892. The highest BCUT2D eigenvalue weighted by Gasteiger charge is 2.18. The van der Waals surface area contributed by atoms with E-state index >= 15 is 0 Å². The van der Waals surface area contributed by atoms with Crippen LogP contribution in [-0.2, 0) is 4.74 Å². The molecule has 1 atom stereocenters. The smallest absolute Gasteiger partial charge is 0.413 e. The Balaban J connectivity index is 1.99. The predicted octanol–water partition coefficient (Wildman–Crippen LogP) is 1.22. The summed E-state index contributed by atoms with van der Waals surface area (Å²) in [6, 6.07) is 6.45. The number of amides is 1. The monoisotopic (exact) mass is 251 g/mol. The number of ether oxygens (including phenoxy) is 1. The van der Waals surface area contributed by atoms with Gasteiger partial charge in [-0.15, -0.1) is 0 Å². The van der Waals surface area contributed by atoms with Crippen molar-refractivity contribution in [1.82, 2.24) is 10.6 Å². The van der Waals surface area contributed by atoms with E-state index in [1.165, 1.54) is 19.2 Å². The van der Waals surface area contributed by atoms with Crippen LogP contribution in [0.5, 0.6) is 0 Å². The van der Waals surface area contributed by atoms with Crippen molar-refractivity contribution >= 4 is 12.1 Å². The molecule has 2 N–H and O–H groups in total. The molecule has 1 aromatic carbocycles. The van der Waals surface area contributed by atoms with Gasteiger partial charge in [-0.1, -0.05) is 12.1 Å². The number of nitrogens with one attached hydrogen (secondary N) is 2. The molecule has 1 unspecified atom stereocenters. The topological polar surface area (TPSA) is 62.7 Å². The van der Waals surface area contributed by atoms with E-state index in [2.05, 4.69) is 20.4 Å². The number of aliphatic imine (C=N–C) groups is 1. The Bertz CT molecular complexity index is 476. The Morgan fingerprint density at radius 2 is 2.44 bits per heavy atom. The fourth-order valence-electron chi connectivity index (χ4n) is 1.76. The van der Waals surface area contributed by atoms with Gasteiger partial charge >= 0.3 is 6.09 Å². The van der Waals surface area contributed by atoms with Gasteiger partial charge in [0.15, 0.2) is 0 Å². The summed E-state index contributed by atoms with van der Waals surface area (Å²) in [5.74, 6) is 0.230. The van der Waals surface area contributed by atoms with Gasteiger partial charge in [-0.2, -0.15) is 0 Å². The van der Waals surface area contributed by atoms with Gasteiger partial charge in [-0.3, -0.25) is 10.3 Å². The summed E-state index contributed by atoms with van der Waals surface area (Å²) in [7, 11) is 1.29. The van der Waals surface area contributed by atoms with E-state index in [4.69, 9.17) is 0 Å². The third kappa shape index (κ3) is 2.97. The Hall–Kier alpha value is -2.11. The lowest BCUT2D eigenvalue weighted by molar-refractivity contribution is 0.176. The fourth-order valence-corrected chi connectivity index (χ4v) is 1.76. The molecule has 0 saturated carbocycles. The number of halogens is 1. The lowest BCUT2D eigenvalue weighted by atomic mass is 9.98. The average molecular weight is 251 g/mol. The van der Waals surface area contributed by atoms with Crippen LogP contribution in [0.1, 0.15) is 11.5 Å². The Morgan fingerprint density at radius 3 is 3.06 bits per heavy atom. The molecule has 1 heterocycles. The zero-order valence-corrected chi connectivity index (χ0v) is 9.94. The van der Waals surface area contributed by atoms with Crippen molar-refractivity contribution in [2.75, 3.05) is 20.2 Å². The molecule has 18 heavy (non-hydrogen) atoms. The summed E-state index contributed by atoms with van der Waals surface area (Å²) < 4.78 is 17.5. The van der Waals surface area contributed by atoms with Gasteiger partial charge in [-0.25, -0.2) is 9.18 Å². The second-order valence-corrected chi connectivity index (χ2v) is 3.94. The number of alkyl carbamates (subject to hydrolysis) is 1. The second-order valence-electron chi connectivity index (χ2n) is 3.94. The minimum atomic E-state index is -0.564. The molecule has 1 aliphatic heterocycles. The van der Waals surface area contributed by atoms with Crippen molar-refractivity contribution in [2.24, 2.45) is 4.99 Å². The largest absolute Gasteiger partial charge is 0.453 e. The molecule has 0 radical (unpaired) electrons. The molecular weight excluding hydrogens is 237 g/mol. The van der Waals surface area contributed by atoms with Crippen LogP contribution in [0.15, 0.2) is 29.3 Å². The number of rotatable bonds is 1. The van der Waals surface area contributed by atoms with Gasteiger partial charge in [0.25, 0.3) is 0 Å². The molecule has 2 rings (SSSR count). The first-order valence-electron chi connectivity index (χ1n) is 5.58. The van der Waals surface area contributed by atoms with Crippen LogP contribution in [0.25, 0.3) is 0 Å². The van der Waals surface area contributed by atoms with E-state index in [9.17, 15) is 9.18 Å². The summed E-state index contributed by atoms with van der Waals surface area (Å²) >= 11 is 0. The van der Waals surface area contributed by atoms with Gasteiger partial charge in [-0.05, 0) is 17.7 Å². The van der Waals surface area contributed by atoms with Gasteiger partial charge in [0.1, 0.15) is 5.82 Å². The van der Waals surface area contributed by atoms with Crippen LogP contribution in [0.3, 0.4) is 0 Å². The normalized spacial score (nSPS) is 18.6. The van der Waals surface area contributed by atoms with Crippen LogP contribution in [-0.4, -0.2) is 32.3 Å². The lowest BCUT2D eigenvalue weighted by Crippen LogP contribution is -2.45. The van der Waals surface area contributed by atoms with Crippen LogP contribution >= 0.6 is 0 Å². The number of nitrogens with zero attached hydrogens (tertiary/aromatic N) is 1. The zero-order valence-electron chi connectivity index (χ0n) is 9.94. The fraction of sp³-hybridized carbons (Fsp3) is 0.333. The number of hydrogen-bond donors (Lipinski definition) is 2. The Labute approximate surface area is 104 Å². The molecule has 0 saturated heterocycles. The highest BCUT2D eigenvalue weighted by molar-refractivity contribution is 5.94. The summed E-state index contributed by atoms with van der Waals surface area (Å²) in [6.45, 7) is 1.09. The summed E-state index contributed by atoms with van der Waals surface area (Å²) in [4.78, 5) is 15.1. The number of guanidine groups is 1. The highest BCUT2D eigenvalue weighted by Crippen LogP contribution is 2.18. The minimum absolute atomic E-state index is 0.101. The van der Waals surface area contributed by atoms with Crippen LogP contribution in [0.2, 0.25) is 0 Å². The summed E-state index contributed by atoms with van der Waals surface area (Å²) in [6.07, 6.45) is -0.564. The maximum absolute atomic E-state index is 13.1. The SMILES string of the molecule is COC(=O)NC1=NCC(c2cccc(F)c2)CN1. The molecule has 0 fully saturated rings. The van der Waals surface area contributed by atoms with Crippen LogP contribution in [0.4, 0.5) is 9.18 Å². The average Bonchev–Trinajstić information content (AvgIpc) is 2.39. The second kappa shape index (κ2) is 5.48. The van der Waals surface area contributed by atoms with Gasteiger partial charge in [0.05, 0.1) is 13.7 Å². The first-order valence-corrected chi connectivity index (χ1v) is 5.58. The Morgan fingerprint density at radius 1 is 1.61 bits per heavy atom. The third-order valence-corrected chi connectivity index (χ3v) is 2.71. The van der Waals surface area contributed by atoms with Crippen molar-refractivity contribution in [3.63, 3.8) is 0 Å². The molecule has 96 valence electrons. The molecule has 1 aromatic rings. The molecule has 0 bridgehead atoms. The van der Waals surface area contributed by atoms with Crippen molar-refractivity contribution < 1.29 is 13.9 Å². The van der Waals surface area contributed by atoms with E-state index in [1.807, 2.05) is 6.07 Å². The third-order valence-electron chi connectivity index (χ3n) is 2.71. The maximum atomic E-state index is 13.1. The molecule has 1 amide bonds.